The Hall–Kier alpha value is -2.63. The van der Waals surface area contributed by atoms with Crippen molar-refractivity contribution in [3.05, 3.63) is 82.0 Å². The number of fused-ring (bicyclic) bond motifs is 2. The first-order valence-corrected chi connectivity index (χ1v) is 10.4. The van der Waals surface area contributed by atoms with Crippen molar-refractivity contribution in [1.82, 2.24) is 5.32 Å². The minimum Gasteiger partial charge on any atom is -0.457 e. The summed E-state index contributed by atoms with van der Waals surface area (Å²) in [5.74, 6) is 1.06. The van der Waals surface area contributed by atoms with E-state index in [9.17, 15) is 9.90 Å². The number of para-hydroxylation sites is 2. The Labute approximate surface area is 167 Å². The first kappa shape index (κ1) is 17.5. The lowest BCUT2D eigenvalue weighted by Crippen LogP contribution is -2.44. The van der Waals surface area contributed by atoms with Gasteiger partial charge in [0.1, 0.15) is 17.1 Å². The molecular weight excluding hydrogens is 370 g/mol. The maximum absolute atomic E-state index is 13.3. The Morgan fingerprint density at radius 1 is 1.04 bits per heavy atom. The average molecular weight is 391 g/mol. The molecule has 1 amide bonds. The average Bonchev–Trinajstić information content (AvgIpc) is 3.44. The standard InChI is InChI=1S/C23H21NO3S/c25-22(24-14-23(26,15-11-12-15)20-10-5-13-28-20)21-16-6-1-3-8-18(16)27-19-9-4-2-7-17(19)21/h1-10,13,15,21,26H,11-12,14H2,(H,24,25)/t23-/m1/s1. The van der Waals surface area contributed by atoms with Gasteiger partial charge in [-0.05, 0) is 42.3 Å². The number of carbonyl (C=O) groups excluding carboxylic acids is 1. The van der Waals surface area contributed by atoms with Crippen LogP contribution in [0.5, 0.6) is 11.5 Å². The summed E-state index contributed by atoms with van der Waals surface area (Å²) in [6.45, 7) is 0.221. The first-order chi connectivity index (χ1) is 13.7. The fraction of sp³-hybridized carbons (Fsp3) is 0.261. The van der Waals surface area contributed by atoms with Crippen LogP contribution < -0.4 is 10.1 Å². The number of amides is 1. The van der Waals surface area contributed by atoms with Gasteiger partial charge in [-0.15, -0.1) is 11.3 Å². The zero-order valence-electron chi connectivity index (χ0n) is 15.3. The summed E-state index contributed by atoms with van der Waals surface area (Å²) in [5.41, 5.74) is 0.711. The quantitative estimate of drug-likeness (QED) is 0.678. The van der Waals surface area contributed by atoms with Crippen LogP contribution in [0.15, 0.2) is 66.0 Å². The molecule has 0 radical (unpaired) electrons. The highest BCUT2D eigenvalue weighted by Crippen LogP contribution is 2.47. The van der Waals surface area contributed by atoms with Gasteiger partial charge >= 0.3 is 0 Å². The summed E-state index contributed by atoms with van der Waals surface area (Å²) < 4.78 is 5.98. The van der Waals surface area contributed by atoms with Crippen LogP contribution in [-0.4, -0.2) is 17.6 Å². The Bertz CT molecular complexity index is 967. The summed E-state index contributed by atoms with van der Waals surface area (Å²) in [4.78, 5) is 14.2. The van der Waals surface area contributed by atoms with Gasteiger partial charge in [-0.3, -0.25) is 4.79 Å². The summed E-state index contributed by atoms with van der Waals surface area (Å²) in [5, 5.41) is 16.3. The van der Waals surface area contributed by atoms with Crippen LogP contribution in [0.3, 0.4) is 0 Å². The SMILES string of the molecule is O=C(NC[C@](O)(c1cccs1)C1CC1)C1c2ccccc2Oc2ccccc21. The zero-order chi connectivity index (χ0) is 19.1. The molecule has 142 valence electrons. The van der Waals surface area contributed by atoms with Crippen LogP contribution in [0.4, 0.5) is 0 Å². The van der Waals surface area contributed by atoms with Gasteiger partial charge in [0.2, 0.25) is 5.91 Å². The van der Waals surface area contributed by atoms with Gasteiger partial charge in [0, 0.05) is 16.0 Å². The molecule has 0 spiro atoms. The maximum Gasteiger partial charge on any atom is 0.232 e. The Balaban J connectivity index is 1.44. The molecule has 1 aliphatic carbocycles. The van der Waals surface area contributed by atoms with Crippen molar-refractivity contribution in [3.63, 3.8) is 0 Å². The molecule has 0 unspecified atom stereocenters. The highest BCUT2D eigenvalue weighted by molar-refractivity contribution is 7.10. The predicted octanol–water partition coefficient (Wildman–Crippen LogP) is 4.40. The minimum absolute atomic E-state index is 0.112. The second kappa shape index (κ2) is 6.76. The Kier molecular flexibility index (Phi) is 4.22. The number of ether oxygens (including phenoxy) is 1. The van der Waals surface area contributed by atoms with E-state index in [1.54, 1.807) is 11.3 Å². The molecule has 0 bridgehead atoms. The molecular formula is C23H21NO3S. The summed E-state index contributed by atoms with van der Waals surface area (Å²) in [6.07, 6.45) is 1.99. The molecule has 4 nitrogen and oxygen atoms in total. The van der Waals surface area contributed by atoms with E-state index in [0.29, 0.717) is 11.5 Å². The monoisotopic (exact) mass is 391 g/mol. The third-order valence-electron chi connectivity index (χ3n) is 5.67. The number of carbonyl (C=O) groups is 1. The van der Waals surface area contributed by atoms with Crippen molar-refractivity contribution in [2.24, 2.45) is 5.92 Å². The normalized spacial score (nSPS) is 17.8. The summed E-state index contributed by atoms with van der Waals surface area (Å²) >= 11 is 1.54. The molecule has 5 heteroatoms. The van der Waals surface area contributed by atoms with E-state index in [0.717, 1.165) is 28.8 Å². The predicted molar refractivity (Wildman–Crippen MR) is 109 cm³/mol. The van der Waals surface area contributed by atoms with Crippen LogP contribution in [0.1, 0.15) is 34.8 Å². The van der Waals surface area contributed by atoms with Crippen LogP contribution >= 0.6 is 11.3 Å². The highest BCUT2D eigenvalue weighted by Gasteiger charge is 2.46. The van der Waals surface area contributed by atoms with Gasteiger partial charge in [0.05, 0.1) is 12.5 Å². The minimum atomic E-state index is -0.992. The highest BCUT2D eigenvalue weighted by atomic mass is 32.1. The fourth-order valence-corrected chi connectivity index (χ4v) is 4.94. The third-order valence-corrected chi connectivity index (χ3v) is 6.71. The lowest BCUT2D eigenvalue weighted by atomic mass is 9.87. The molecule has 2 heterocycles. The lowest BCUT2D eigenvalue weighted by Gasteiger charge is -2.31. The molecule has 1 atom stereocenters. The molecule has 2 N–H and O–H groups in total. The number of rotatable bonds is 5. The largest absolute Gasteiger partial charge is 0.457 e. The maximum atomic E-state index is 13.3. The van der Waals surface area contributed by atoms with Gasteiger partial charge < -0.3 is 15.2 Å². The molecule has 2 aliphatic rings. The third kappa shape index (κ3) is 2.91. The van der Waals surface area contributed by atoms with Crippen molar-refractivity contribution in [2.75, 3.05) is 6.54 Å². The number of nitrogens with one attached hydrogen (secondary N) is 1. The van der Waals surface area contributed by atoms with E-state index in [1.807, 2.05) is 66.0 Å². The van der Waals surface area contributed by atoms with Crippen LogP contribution in [-0.2, 0) is 10.4 Å². The van der Waals surface area contributed by atoms with Crippen LogP contribution in [0.25, 0.3) is 0 Å². The second-order valence-electron chi connectivity index (χ2n) is 7.50. The number of aliphatic hydroxyl groups is 1. The molecule has 3 aromatic rings. The van der Waals surface area contributed by atoms with Gasteiger partial charge in [-0.25, -0.2) is 0 Å². The van der Waals surface area contributed by atoms with Crippen molar-refractivity contribution in [3.8, 4) is 11.5 Å². The lowest BCUT2D eigenvalue weighted by molar-refractivity contribution is -0.123. The molecule has 5 rings (SSSR count). The first-order valence-electron chi connectivity index (χ1n) is 9.56. The molecule has 1 aromatic heterocycles. The van der Waals surface area contributed by atoms with Gasteiger partial charge in [0.25, 0.3) is 0 Å². The smallest absolute Gasteiger partial charge is 0.232 e. The van der Waals surface area contributed by atoms with Crippen LogP contribution in [0, 0.1) is 5.92 Å². The number of thiophene rings is 1. The van der Waals surface area contributed by atoms with E-state index in [1.165, 1.54) is 0 Å². The molecule has 0 saturated heterocycles. The Morgan fingerprint density at radius 3 is 2.25 bits per heavy atom. The van der Waals surface area contributed by atoms with Gasteiger partial charge in [-0.1, -0.05) is 42.5 Å². The van der Waals surface area contributed by atoms with Gasteiger partial charge in [-0.2, -0.15) is 0 Å². The molecule has 2 aromatic carbocycles. The van der Waals surface area contributed by atoms with Crippen molar-refractivity contribution in [2.45, 2.75) is 24.4 Å². The topological polar surface area (TPSA) is 58.6 Å². The fourth-order valence-electron chi connectivity index (χ4n) is 4.03. The van der Waals surface area contributed by atoms with Crippen LogP contribution in [0.2, 0.25) is 0 Å². The van der Waals surface area contributed by atoms with E-state index in [4.69, 9.17) is 4.74 Å². The van der Waals surface area contributed by atoms with Crippen molar-refractivity contribution in [1.29, 1.82) is 0 Å². The van der Waals surface area contributed by atoms with Gasteiger partial charge in [0.15, 0.2) is 0 Å². The van der Waals surface area contributed by atoms with Crippen molar-refractivity contribution >= 4 is 17.2 Å². The van der Waals surface area contributed by atoms with E-state index in [2.05, 4.69) is 5.32 Å². The number of hydrogen-bond acceptors (Lipinski definition) is 4. The Morgan fingerprint density at radius 2 is 1.68 bits per heavy atom. The number of hydrogen-bond donors (Lipinski definition) is 2. The molecule has 1 fully saturated rings. The summed E-state index contributed by atoms with van der Waals surface area (Å²) in [7, 11) is 0. The second-order valence-corrected chi connectivity index (χ2v) is 8.45. The summed E-state index contributed by atoms with van der Waals surface area (Å²) in [6, 6.07) is 19.2. The molecule has 28 heavy (non-hydrogen) atoms. The molecule has 1 aliphatic heterocycles. The zero-order valence-corrected chi connectivity index (χ0v) is 16.1. The number of benzene rings is 2. The molecule has 1 saturated carbocycles. The van der Waals surface area contributed by atoms with E-state index >= 15 is 0 Å². The van der Waals surface area contributed by atoms with Crippen molar-refractivity contribution < 1.29 is 14.6 Å². The van der Waals surface area contributed by atoms with E-state index in [-0.39, 0.29) is 18.4 Å². The van der Waals surface area contributed by atoms with E-state index < -0.39 is 11.5 Å².